The van der Waals surface area contributed by atoms with Crippen LogP contribution in [0.2, 0.25) is 0 Å². The molecule has 2 aliphatic heterocycles. The molecule has 6 rings (SSSR count). The summed E-state index contributed by atoms with van der Waals surface area (Å²) in [5.74, 6) is 2.34. The zero-order valence-electron chi connectivity index (χ0n) is 19.2. The standard InChI is InChI=1S/C25H23ClN6O3/c1-33-17-5-3-15(4-6-17)13-32-24-16(12-28-32)9-21-23(25-29-22(11-26)30-35-25)27-14-31(21)20-8-7-18(34-2)10-19(20)24/h3-8,10,12,14,22,30H,9,11,13H2,1-2H3. The summed E-state index contributed by atoms with van der Waals surface area (Å²) >= 11 is 5.95. The minimum Gasteiger partial charge on any atom is -0.497 e. The summed E-state index contributed by atoms with van der Waals surface area (Å²) in [5.41, 5.74) is 9.72. The number of rotatable bonds is 6. The van der Waals surface area contributed by atoms with Crippen LogP contribution in [-0.4, -0.2) is 51.5 Å². The number of nitrogens with zero attached hydrogens (tertiary/aromatic N) is 5. The largest absolute Gasteiger partial charge is 0.497 e. The quantitative estimate of drug-likeness (QED) is 0.366. The molecule has 2 aliphatic rings. The number of aromatic nitrogens is 4. The molecule has 0 fully saturated rings. The van der Waals surface area contributed by atoms with E-state index in [2.05, 4.69) is 32.2 Å². The predicted octanol–water partition coefficient (Wildman–Crippen LogP) is 3.55. The van der Waals surface area contributed by atoms with Gasteiger partial charge < -0.3 is 18.9 Å². The first kappa shape index (κ1) is 21.7. The Morgan fingerprint density at radius 1 is 1.11 bits per heavy atom. The number of fused-ring (bicyclic) bond motifs is 5. The van der Waals surface area contributed by atoms with Gasteiger partial charge in [0.25, 0.3) is 5.90 Å². The van der Waals surface area contributed by atoms with Crippen molar-refractivity contribution < 1.29 is 14.3 Å². The van der Waals surface area contributed by atoms with E-state index >= 15 is 0 Å². The summed E-state index contributed by atoms with van der Waals surface area (Å²) in [6.45, 7) is 0.618. The third-order valence-electron chi connectivity index (χ3n) is 6.26. The molecular weight excluding hydrogens is 468 g/mol. The van der Waals surface area contributed by atoms with E-state index < -0.39 is 0 Å². The lowest BCUT2D eigenvalue weighted by atomic mass is 10.0. The van der Waals surface area contributed by atoms with Crippen LogP contribution in [0.5, 0.6) is 11.5 Å². The Kier molecular flexibility index (Phi) is 5.43. The van der Waals surface area contributed by atoms with Gasteiger partial charge in [-0.05, 0) is 35.9 Å². The number of hydrogen-bond acceptors (Lipinski definition) is 7. The van der Waals surface area contributed by atoms with Crippen LogP contribution in [0.4, 0.5) is 0 Å². The van der Waals surface area contributed by atoms with Crippen molar-refractivity contribution >= 4 is 17.5 Å². The minimum absolute atomic E-state index is 0.297. The molecule has 1 atom stereocenters. The number of hydroxylamine groups is 1. The van der Waals surface area contributed by atoms with Crippen molar-refractivity contribution in [1.29, 1.82) is 0 Å². The van der Waals surface area contributed by atoms with Crippen molar-refractivity contribution in [3.05, 3.63) is 77.5 Å². The third kappa shape index (κ3) is 3.73. The number of hydrogen-bond donors (Lipinski definition) is 1. The normalized spacial score (nSPS) is 16.0. The van der Waals surface area contributed by atoms with E-state index in [4.69, 9.17) is 31.0 Å². The molecule has 2 aromatic heterocycles. The number of nitrogens with one attached hydrogen (secondary N) is 1. The fourth-order valence-corrected chi connectivity index (χ4v) is 4.67. The van der Waals surface area contributed by atoms with Crippen molar-refractivity contribution in [2.75, 3.05) is 20.1 Å². The van der Waals surface area contributed by atoms with E-state index in [9.17, 15) is 0 Å². The number of halogens is 1. The van der Waals surface area contributed by atoms with Crippen LogP contribution in [0, 0.1) is 0 Å². The number of imidazole rings is 1. The van der Waals surface area contributed by atoms with E-state index in [1.54, 1.807) is 14.2 Å². The van der Waals surface area contributed by atoms with Gasteiger partial charge in [-0.15, -0.1) is 17.1 Å². The molecule has 178 valence electrons. The fraction of sp³-hybridized carbons (Fsp3) is 0.240. The number of alkyl halides is 1. The Bertz CT molecular complexity index is 1430. The van der Waals surface area contributed by atoms with Crippen LogP contribution in [0.3, 0.4) is 0 Å². The molecule has 0 radical (unpaired) electrons. The fourth-order valence-electron chi connectivity index (χ4n) is 4.53. The van der Waals surface area contributed by atoms with Gasteiger partial charge in [-0.25, -0.2) is 9.98 Å². The minimum atomic E-state index is -0.297. The molecule has 1 N–H and O–H groups in total. The Balaban J connectivity index is 1.48. The van der Waals surface area contributed by atoms with Gasteiger partial charge in [-0.3, -0.25) is 4.68 Å². The molecule has 0 saturated carbocycles. The molecule has 0 bridgehead atoms. The van der Waals surface area contributed by atoms with Crippen LogP contribution in [0.25, 0.3) is 16.9 Å². The second kappa shape index (κ2) is 8.75. The molecule has 0 amide bonds. The summed E-state index contributed by atoms with van der Waals surface area (Å²) < 4.78 is 15.0. The molecular formula is C25H23ClN6O3. The smallest absolute Gasteiger partial charge is 0.262 e. The molecule has 0 spiro atoms. The van der Waals surface area contributed by atoms with E-state index in [1.807, 2.05) is 47.5 Å². The van der Waals surface area contributed by atoms with Gasteiger partial charge in [-0.1, -0.05) is 12.1 Å². The molecule has 4 aromatic rings. The molecule has 9 nitrogen and oxygen atoms in total. The second-order valence-electron chi connectivity index (χ2n) is 8.32. The lowest BCUT2D eigenvalue weighted by molar-refractivity contribution is 0.186. The van der Waals surface area contributed by atoms with Crippen LogP contribution in [-0.2, 0) is 17.8 Å². The highest BCUT2D eigenvalue weighted by Gasteiger charge is 2.30. The predicted molar refractivity (Wildman–Crippen MR) is 132 cm³/mol. The first-order valence-corrected chi connectivity index (χ1v) is 11.7. The average molecular weight is 491 g/mol. The Labute approximate surface area is 206 Å². The second-order valence-corrected chi connectivity index (χ2v) is 8.63. The van der Waals surface area contributed by atoms with E-state index in [0.717, 1.165) is 45.3 Å². The lowest BCUT2D eigenvalue weighted by Crippen LogP contribution is -2.22. The van der Waals surface area contributed by atoms with Crippen molar-refractivity contribution in [2.45, 2.75) is 19.1 Å². The SMILES string of the molecule is COc1ccc(Cn2ncc3c2-c2cc(OC)ccc2-n2cnc(C4=NC(CCl)NO4)c2C3)cc1. The number of benzene rings is 2. The van der Waals surface area contributed by atoms with Crippen molar-refractivity contribution in [1.82, 2.24) is 24.8 Å². The van der Waals surface area contributed by atoms with E-state index in [0.29, 0.717) is 30.4 Å². The summed E-state index contributed by atoms with van der Waals surface area (Å²) in [6.07, 6.45) is 4.04. The highest BCUT2D eigenvalue weighted by Crippen LogP contribution is 2.38. The van der Waals surface area contributed by atoms with Crippen molar-refractivity contribution in [3.63, 3.8) is 0 Å². The molecule has 0 aliphatic carbocycles. The van der Waals surface area contributed by atoms with E-state index in [-0.39, 0.29) is 6.17 Å². The summed E-state index contributed by atoms with van der Waals surface area (Å²) in [7, 11) is 3.34. The molecule has 2 aromatic carbocycles. The molecule has 35 heavy (non-hydrogen) atoms. The van der Waals surface area contributed by atoms with Crippen molar-refractivity contribution in [3.8, 4) is 28.4 Å². The topological polar surface area (TPSA) is 87.7 Å². The number of ether oxygens (including phenoxy) is 2. The van der Waals surface area contributed by atoms with E-state index in [1.165, 1.54) is 0 Å². The van der Waals surface area contributed by atoms with Crippen LogP contribution in [0.15, 0.2) is 60.0 Å². The highest BCUT2D eigenvalue weighted by molar-refractivity contribution is 6.18. The zero-order chi connectivity index (χ0) is 23.9. The van der Waals surface area contributed by atoms with Gasteiger partial charge in [0.05, 0.1) is 49.9 Å². The van der Waals surface area contributed by atoms with Gasteiger partial charge in [0.15, 0.2) is 0 Å². The van der Waals surface area contributed by atoms with Gasteiger partial charge >= 0.3 is 0 Å². The van der Waals surface area contributed by atoms with Crippen LogP contribution in [0.1, 0.15) is 22.5 Å². The number of aliphatic imine (C=N–C) groups is 1. The Morgan fingerprint density at radius 2 is 1.91 bits per heavy atom. The third-order valence-corrected chi connectivity index (χ3v) is 6.56. The van der Waals surface area contributed by atoms with Gasteiger partial charge in [-0.2, -0.15) is 5.10 Å². The maximum Gasteiger partial charge on any atom is 0.262 e. The summed E-state index contributed by atoms with van der Waals surface area (Å²) in [4.78, 5) is 14.8. The Morgan fingerprint density at radius 3 is 2.66 bits per heavy atom. The molecule has 1 unspecified atom stereocenters. The van der Waals surface area contributed by atoms with Gasteiger partial charge in [0.1, 0.15) is 29.7 Å². The van der Waals surface area contributed by atoms with Gasteiger partial charge in [0.2, 0.25) is 0 Å². The summed E-state index contributed by atoms with van der Waals surface area (Å²) in [5, 5.41) is 4.77. The summed E-state index contributed by atoms with van der Waals surface area (Å²) in [6, 6.07) is 14.1. The molecule has 4 heterocycles. The van der Waals surface area contributed by atoms with Crippen LogP contribution < -0.4 is 15.0 Å². The highest BCUT2D eigenvalue weighted by atomic mass is 35.5. The maximum absolute atomic E-state index is 5.95. The average Bonchev–Trinajstić information content (AvgIpc) is 3.61. The lowest BCUT2D eigenvalue weighted by Gasteiger charge is -2.14. The van der Waals surface area contributed by atoms with Crippen molar-refractivity contribution in [2.24, 2.45) is 4.99 Å². The molecule has 10 heteroatoms. The maximum atomic E-state index is 5.95. The van der Waals surface area contributed by atoms with Gasteiger partial charge in [0, 0.05) is 17.5 Å². The monoisotopic (exact) mass is 490 g/mol. The molecule has 0 saturated heterocycles. The zero-order valence-corrected chi connectivity index (χ0v) is 20.0. The first-order chi connectivity index (χ1) is 17.2. The first-order valence-electron chi connectivity index (χ1n) is 11.2. The van der Waals surface area contributed by atoms with Crippen LogP contribution >= 0.6 is 11.6 Å². The Hall–Kier alpha value is -3.82. The number of methoxy groups -OCH3 is 2.